The highest BCUT2D eigenvalue weighted by Crippen LogP contribution is 2.30. The molecule has 0 fully saturated rings. The Morgan fingerprint density at radius 2 is 1.42 bits per heavy atom. The van der Waals surface area contributed by atoms with Gasteiger partial charge in [-0.25, -0.2) is 14.4 Å². The summed E-state index contributed by atoms with van der Waals surface area (Å²) in [5.41, 5.74) is 9.40. The van der Waals surface area contributed by atoms with Crippen molar-refractivity contribution in [3.63, 3.8) is 0 Å². The minimum absolute atomic E-state index is 0.169. The third kappa shape index (κ3) is 9.00. The molecule has 0 spiro atoms. The Kier molecular flexibility index (Phi) is 11.0. The van der Waals surface area contributed by atoms with Crippen molar-refractivity contribution in [3.8, 4) is 5.75 Å². The van der Waals surface area contributed by atoms with E-state index in [1.165, 1.54) is 12.1 Å². The number of amides is 3. The number of guanidine groups is 1. The number of ether oxygens (including phenoxy) is 3. The number of hydroxylamine groups is 2. The number of aliphatic imine (C=N–C) groups is 1. The predicted molar refractivity (Wildman–Crippen MR) is 195 cm³/mol. The van der Waals surface area contributed by atoms with Gasteiger partial charge < -0.3 is 30.2 Å². The maximum Gasteiger partial charge on any atom is 0.407 e. The maximum absolute atomic E-state index is 14.0. The molecule has 4 aromatic carbocycles. The minimum Gasteiger partial charge on any atom is -0.490 e. The third-order valence-electron chi connectivity index (χ3n) is 8.37. The predicted octanol–water partition coefficient (Wildman–Crippen LogP) is 5.15. The molecule has 0 unspecified atom stereocenters. The third-order valence-corrected chi connectivity index (χ3v) is 8.37. The van der Waals surface area contributed by atoms with Gasteiger partial charge in [-0.3, -0.25) is 14.6 Å². The average Bonchev–Trinajstić information content (AvgIpc) is 3.68. The molecule has 0 radical (unpaired) electrons. The first kappa shape index (κ1) is 36.6. The number of fused-ring (bicyclic) bond motifs is 2. The number of rotatable bonds is 12. The molecule has 4 aromatic rings. The maximum atomic E-state index is 14.0. The molecule has 0 aliphatic carbocycles. The van der Waals surface area contributed by atoms with E-state index in [0.29, 0.717) is 29.9 Å². The molecular weight excluding hydrogens is 678 g/mol. The van der Waals surface area contributed by atoms with Crippen molar-refractivity contribution in [2.24, 2.45) is 10.7 Å². The average molecular weight is 720 g/mol. The number of nitrogens with one attached hydrogen (secondary N) is 1. The Balaban J connectivity index is 1.15. The lowest BCUT2D eigenvalue weighted by Crippen LogP contribution is -2.42. The molecule has 53 heavy (non-hydrogen) atoms. The van der Waals surface area contributed by atoms with Gasteiger partial charge in [-0.1, -0.05) is 78.9 Å². The molecule has 3 N–H and O–H groups in total. The summed E-state index contributed by atoms with van der Waals surface area (Å²) in [5, 5.41) is 3.25. The van der Waals surface area contributed by atoms with Crippen LogP contribution in [-0.2, 0) is 32.2 Å². The van der Waals surface area contributed by atoms with Crippen molar-refractivity contribution in [1.29, 1.82) is 0 Å². The smallest absolute Gasteiger partial charge is 0.407 e. The molecule has 2 aliphatic heterocycles. The second-order valence-electron chi connectivity index (χ2n) is 13.4. The first-order chi connectivity index (χ1) is 25.5. The van der Waals surface area contributed by atoms with Gasteiger partial charge in [0.25, 0.3) is 11.8 Å². The summed E-state index contributed by atoms with van der Waals surface area (Å²) in [5.74, 6) is -1.48. The topological polar surface area (TPSA) is 162 Å². The van der Waals surface area contributed by atoms with Crippen LogP contribution in [0.4, 0.5) is 4.79 Å². The summed E-state index contributed by atoms with van der Waals surface area (Å²) < 4.78 is 17.4. The van der Waals surface area contributed by atoms with Gasteiger partial charge in [0.15, 0.2) is 12.1 Å². The second-order valence-corrected chi connectivity index (χ2v) is 13.4. The zero-order chi connectivity index (χ0) is 37.5. The first-order valence-electron chi connectivity index (χ1n) is 17.2. The molecule has 0 bridgehead atoms. The molecule has 0 saturated carbocycles. The molecule has 0 saturated heterocycles. The fourth-order valence-corrected chi connectivity index (χ4v) is 5.85. The normalized spacial score (nSPS) is 14.5. The van der Waals surface area contributed by atoms with Crippen LogP contribution in [0.2, 0.25) is 0 Å². The molecular formula is C40H41N5O8. The van der Waals surface area contributed by atoms with Crippen molar-refractivity contribution >= 4 is 29.8 Å². The van der Waals surface area contributed by atoms with Crippen molar-refractivity contribution < 1.29 is 38.2 Å². The van der Waals surface area contributed by atoms with E-state index in [9.17, 15) is 19.2 Å². The summed E-state index contributed by atoms with van der Waals surface area (Å²) in [6.45, 7) is 6.49. The number of imide groups is 1. The van der Waals surface area contributed by atoms with Gasteiger partial charge in [-0.05, 0) is 67.3 Å². The number of nitrogens with two attached hydrogens (primary N) is 1. The number of hydrogen-bond acceptors (Lipinski definition) is 9. The highest BCUT2D eigenvalue weighted by atomic mass is 16.7. The second kappa shape index (κ2) is 16.0. The lowest BCUT2D eigenvalue weighted by atomic mass is 10.0. The van der Waals surface area contributed by atoms with Gasteiger partial charge in [-0.2, -0.15) is 0 Å². The zero-order valence-electron chi connectivity index (χ0n) is 29.7. The number of benzene rings is 4. The number of esters is 1. The van der Waals surface area contributed by atoms with E-state index >= 15 is 0 Å². The van der Waals surface area contributed by atoms with Crippen molar-refractivity contribution in [2.75, 3.05) is 19.7 Å². The monoisotopic (exact) mass is 719 g/mol. The van der Waals surface area contributed by atoms with Gasteiger partial charge >= 0.3 is 12.1 Å². The van der Waals surface area contributed by atoms with Crippen LogP contribution in [0.1, 0.15) is 69.8 Å². The van der Waals surface area contributed by atoms with E-state index in [0.717, 1.165) is 22.3 Å². The quantitative estimate of drug-likeness (QED) is 0.0659. The van der Waals surface area contributed by atoms with Gasteiger partial charge in [0.1, 0.15) is 18.0 Å². The Morgan fingerprint density at radius 1 is 0.830 bits per heavy atom. The van der Waals surface area contributed by atoms with Crippen LogP contribution in [0.3, 0.4) is 0 Å². The van der Waals surface area contributed by atoms with E-state index in [1.807, 2.05) is 77.7 Å². The van der Waals surface area contributed by atoms with E-state index in [4.69, 9.17) is 24.8 Å². The number of carbonyl (C=O) groups is 4. The molecule has 274 valence electrons. The molecule has 13 heteroatoms. The SMILES string of the molecule is CC(C)(C)OC(=O)NCCN=C(N)N1Cc2ccc(OC[C@H](ON3C(=O)c4ccccc4C3=O)C(=O)OC(c3ccccc3)c3ccccc3)cc2C1. The van der Waals surface area contributed by atoms with Gasteiger partial charge in [0.05, 0.1) is 17.7 Å². The Hall–Kier alpha value is -6.21. The molecule has 3 amide bonds. The standard InChI is InChI=1S/C40H41N5O8/c1-40(2,3)52-39(49)43-21-20-42-38(41)44-23-28-18-19-30(22-29(28)24-44)50-25-33(53-45-35(46)31-16-10-11-17-32(31)36(45)47)37(48)51-34(26-12-6-4-7-13-26)27-14-8-5-9-15-27/h4-19,22,33-34H,20-21,23-25H2,1-3H3,(H2,41,42)(H,43,49)/t33-/m0/s1. The van der Waals surface area contributed by atoms with E-state index < -0.39 is 41.7 Å². The highest BCUT2D eigenvalue weighted by Gasteiger charge is 2.41. The molecule has 6 rings (SSSR count). The number of carbonyl (C=O) groups excluding carboxylic acids is 4. The molecule has 1 atom stereocenters. The van der Waals surface area contributed by atoms with Gasteiger partial charge in [0, 0.05) is 19.6 Å². The van der Waals surface area contributed by atoms with Crippen molar-refractivity contribution in [3.05, 3.63) is 137 Å². The van der Waals surface area contributed by atoms with Crippen LogP contribution in [0, 0.1) is 0 Å². The summed E-state index contributed by atoms with van der Waals surface area (Å²) in [6, 6.07) is 30.3. The van der Waals surface area contributed by atoms with Crippen molar-refractivity contribution in [1.82, 2.24) is 15.3 Å². The molecule has 2 heterocycles. The first-order valence-corrected chi connectivity index (χ1v) is 17.2. The Bertz CT molecular complexity index is 1920. The highest BCUT2D eigenvalue weighted by molar-refractivity contribution is 6.20. The van der Waals surface area contributed by atoms with Gasteiger partial charge in [0.2, 0.25) is 6.10 Å². The summed E-state index contributed by atoms with van der Waals surface area (Å²) >= 11 is 0. The number of hydrogen-bond donors (Lipinski definition) is 2. The molecule has 2 aliphatic rings. The minimum atomic E-state index is -1.51. The number of nitrogens with zero attached hydrogens (tertiary/aromatic N) is 3. The molecule has 0 aromatic heterocycles. The lowest BCUT2D eigenvalue weighted by molar-refractivity contribution is -0.187. The van der Waals surface area contributed by atoms with Crippen LogP contribution in [0.15, 0.2) is 108 Å². The lowest BCUT2D eigenvalue weighted by Gasteiger charge is -2.25. The Labute approximate surface area is 307 Å². The largest absolute Gasteiger partial charge is 0.490 e. The Morgan fingerprint density at radius 3 is 2.02 bits per heavy atom. The van der Waals surface area contributed by atoms with E-state index in [-0.39, 0.29) is 30.8 Å². The summed E-state index contributed by atoms with van der Waals surface area (Å²) in [7, 11) is 0. The zero-order valence-corrected chi connectivity index (χ0v) is 29.7. The summed E-state index contributed by atoms with van der Waals surface area (Å²) in [4.78, 5) is 64.4. The van der Waals surface area contributed by atoms with Crippen molar-refractivity contribution in [2.45, 2.75) is 51.7 Å². The van der Waals surface area contributed by atoms with E-state index in [2.05, 4.69) is 10.3 Å². The molecule has 13 nitrogen and oxygen atoms in total. The number of alkyl carbamates (subject to hydrolysis) is 1. The fourth-order valence-electron chi connectivity index (χ4n) is 5.85. The van der Waals surface area contributed by atoms with Crippen LogP contribution in [-0.4, -0.2) is 71.2 Å². The fraction of sp³-hybridized carbons (Fsp3) is 0.275. The van der Waals surface area contributed by atoms with E-state index in [1.54, 1.807) is 39.0 Å². The van der Waals surface area contributed by atoms with Crippen LogP contribution in [0.25, 0.3) is 0 Å². The van der Waals surface area contributed by atoms with Crippen LogP contribution < -0.4 is 15.8 Å². The summed E-state index contributed by atoms with van der Waals surface area (Å²) in [6.07, 6.45) is -2.83. The van der Waals surface area contributed by atoms with Crippen LogP contribution >= 0.6 is 0 Å². The van der Waals surface area contributed by atoms with Gasteiger partial charge in [-0.15, -0.1) is 5.06 Å². The van der Waals surface area contributed by atoms with Crippen LogP contribution in [0.5, 0.6) is 5.75 Å².